The molecule has 0 saturated carbocycles. The van der Waals surface area contributed by atoms with E-state index in [9.17, 15) is 0 Å². The van der Waals surface area contributed by atoms with Gasteiger partial charge in [-0.3, -0.25) is 5.41 Å². The second kappa shape index (κ2) is 10.9. The summed E-state index contributed by atoms with van der Waals surface area (Å²) in [5.41, 5.74) is 8.75. The molecule has 1 aromatic heterocycles. The number of benzene rings is 3. The fourth-order valence-corrected chi connectivity index (χ4v) is 3.83. The maximum absolute atomic E-state index is 15.9. The lowest BCUT2D eigenvalue weighted by molar-refractivity contribution is 0.228. The van der Waals surface area contributed by atoms with Crippen molar-refractivity contribution >= 4 is 11.5 Å². The highest BCUT2D eigenvalue weighted by Crippen LogP contribution is 2.36. The Morgan fingerprint density at radius 2 is 1.81 bits per heavy atom. The Morgan fingerprint density at radius 3 is 2.44 bits per heavy atom. The zero-order chi connectivity index (χ0) is 25.7. The fourth-order valence-electron chi connectivity index (χ4n) is 3.83. The quantitative estimate of drug-likeness (QED) is 0.197. The third kappa shape index (κ3) is 5.66. The Balaban J connectivity index is 1.81. The summed E-state index contributed by atoms with van der Waals surface area (Å²) in [6, 6.07) is 21.2. The molecule has 0 aliphatic rings. The molecule has 4 aromatic rings. The minimum Gasteiger partial charge on any atom is -0.494 e. The minimum absolute atomic E-state index is 0.0226. The predicted molar refractivity (Wildman–Crippen MR) is 140 cm³/mol. The summed E-state index contributed by atoms with van der Waals surface area (Å²) in [7, 11) is 0. The molecule has 0 aliphatic heterocycles. The molecule has 8 heteroatoms. The van der Waals surface area contributed by atoms with E-state index in [0.717, 1.165) is 5.69 Å². The van der Waals surface area contributed by atoms with Crippen molar-refractivity contribution in [2.75, 3.05) is 11.9 Å². The number of amidine groups is 1. The van der Waals surface area contributed by atoms with Crippen LogP contribution in [0.25, 0.3) is 5.69 Å². The molecular weight excluding hydrogens is 457 g/mol. The fraction of sp³-hybridized carbons (Fsp3) is 0.214. The predicted octanol–water partition coefficient (Wildman–Crippen LogP) is 5.68. The van der Waals surface area contributed by atoms with E-state index in [0.29, 0.717) is 34.9 Å². The lowest BCUT2D eigenvalue weighted by atomic mass is 10.0. The number of halogens is 1. The summed E-state index contributed by atoms with van der Waals surface area (Å²) in [6.45, 7) is 6.00. The molecule has 0 aliphatic carbocycles. The summed E-state index contributed by atoms with van der Waals surface area (Å²) in [5, 5.41) is 15.8. The third-order valence-electron chi connectivity index (χ3n) is 5.46. The van der Waals surface area contributed by atoms with Crippen molar-refractivity contribution in [2.24, 2.45) is 5.73 Å². The van der Waals surface area contributed by atoms with Crippen LogP contribution in [-0.2, 0) is 0 Å². The highest BCUT2D eigenvalue weighted by Gasteiger charge is 2.25. The number of para-hydroxylation sites is 1. The smallest absolute Gasteiger partial charge is 0.171 e. The molecule has 1 unspecified atom stereocenters. The van der Waals surface area contributed by atoms with Crippen LogP contribution in [0.3, 0.4) is 0 Å². The van der Waals surface area contributed by atoms with Crippen molar-refractivity contribution in [2.45, 2.75) is 32.9 Å². The van der Waals surface area contributed by atoms with Gasteiger partial charge in [0.1, 0.15) is 11.6 Å². The van der Waals surface area contributed by atoms with Crippen LogP contribution in [0.5, 0.6) is 11.5 Å². The molecule has 0 bridgehead atoms. The first-order chi connectivity index (χ1) is 17.4. The number of hydrogen-bond donors (Lipinski definition) is 3. The second-order valence-corrected chi connectivity index (χ2v) is 8.51. The van der Waals surface area contributed by atoms with E-state index in [-0.39, 0.29) is 17.7 Å². The van der Waals surface area contributed by atoms with Crippen LogP contribution in [0.15, 0.2) is 79.0 Å². The number of nitrogens with zero attached hydrogens (tertiary/aromatic N) is 2. The molecule has 0 amide bonds. The van der Waals surface area contributed by atoms with Crippen molar-refractivity contribution in [3.05, 3.63) is 102 Å². The van der Waals surface area contributed by atoms with Crippen molar-refractivity contribution in [1.29, 1.82) is 5.41 Å². The molecule has 0 radical (unpaired) electrons. The van der Waals surface area contributed by atoms with E-state index in [1.807, 2.05) is 63.4 Å². The zero-order valence-electron chi connectivity index (χ0n) is 20.5. The van der Waals surface area contributed by atoms with Gasteiger partial charge >= 0.3 is 0 Å². The normalized spacial score (nSPS) is 11.8. The van der Waals surface area contributed by atoms with Crippen molar-refractivity contribution in [1.82, 2.24) is 9.78 Å². The molecule has 36 heavy (non-hydrogen) atoms. The molecule has 0 spiro atoms. The van der Waals surface area contributed by atoms with E-state index in [1.54, 1.807) is 41.1 Å². The molecular formula is C28H30FN5O2. The highest BCUT2D eigenvalue weighted by molar-refractivity contribution is 5.95. The van der Waals surface area contributed by atoms with Crippen LogP contribution in [0, 0.1) is 11.2 Å². The summed E-state index contributed by atoms with van der Waals surface area (Å²) < 4.78 is 29.2. The van der Waals surface area contributed by atoms with E-state index in [4.69, 9.17) is 25.7 Å². The summed E-state index contributed by atoms with van der Waals surface area (Å²) in [6.07, 6.45) is 1.63. The van der Waals surface area contributed by atoms with Crippen molar-refractivity contribution in [3.8, 4) is 17.2 Å². The lowest BCUT2D eigenvalue weighted by Crippen LogP contribution is -2.17. The van der Waals surface area contributed by atoms with Crippen LogP contribution >= 0.6 is 0 Å². The number of nitrogens with one attached hydrogen (secondary N) is 2. The third-order valence-corrected chi connectivity index (χ3v) is 5.46. The molecule has 1 heterocycles. The van der Waals surface area contributed by atoms with Gasteiger partial charge in [-0.25, -0.2) is 9.07 Å². The van der Waals surface area contributed by atoms with Gasteiger partial charge < -0.3 is 20.5 Å². The maximum Gasteiger partial charge on any atom is 0.171 e. The lowest BCUT2D eigenvalue weighted by Gasteiger charge is -2.22. The topological polar surface area (TPSA) is 98.2 Å². The average Bonchev–Trinajstić information content (AvgIpc) is 3.35. The first kappa shape index (κ1) is 24.8. The number of rotatable bonds is 10. The van der Waals surface area contributed by atoms with Gasteiger partial charge in [0, 0.05) is 29.1 Å². The van der Waals surface area contributed by atoms with Crippen LogP contribution in [0.2, 0.25) is 0 Å². The highest BCUT2D eigenvalue weighted by atomic mass is 19.1. The molecule has 0 saturated heterocycles. The SMILES string of the molecule is CCOc1cc(OC(C)C)c(F)c(C(Nc2ccc(C(=N)N)cc2)c2ccn(-c3ccccc3)n2)c1. The largest absolute Gasteiger partial charge is 0.494 e. The molecule has 4 rings (SSSR count). The number of ether oxygens (including phenoxy) is 2. The van der Waals surface area contributed by atoms with Crippen LogP contribution < -0.4 is 20.5 Å². The van der Waals surface area contributed by atoms with Gasteiger partial charge in [-0.1, -0.05) is 18.2 Å². The van der Waals surface area contributed by atoms with Gasteiger partial charge in [-0.2, -0.15) is 5.10 Å². The van der Waals surface area contributed by atoms with Gasteiger partial charge in [-0.15, -0.1) is 0 Å². The number of anilines is 1. The Hall–Kier alpha value is -4.33. The first-order valence-corrected chi connectivity index (χ1v) is 11.8. The first-order valence-electron chi connectivity index (χ1n) is 11.8. The van der Waals surface area contributed by atoms with Crippen LogP contribution in [0.4, 0.5) is 10.1 Å². The van der Waals surface area contributed by atoms with Gasteiger partial charge in [-0.05, 0) is 69.3 Å². The van der Waals surface area contributed by atoms with Gasteiger partial charge in [0.15, 0.2) is 11.6 Å². The van der Waals surface area contributed by atoms with E-state index in [1.165, 1.54) is 0 Å². The number of hydrogen-bond acceptors (Lipinski definition) is 5. The molecule has 7 nitrogen and oxygen atoms in total. The standard InChI is InChI=1S/C28H30FN5O2/c1-4-35-22-16-23(26(29)25(17-22)36-18(2)3)27(32-20-12-10-19(11-13-20)28(30)31)24-14-15-34(33-24)21-8-6-5-7-9-21/h5-18,27,32H,4H2,1-3H3,(H3,30,31). The van der Waals surface area contributed by atoms with Crippen LogP contribution in [0.1, 0.15) is 43.6 Å². The van der Waals surface area contributed by atoms with Crippen LogP contribution in [-0.4, -0.2) is 28.3 Å². The van der Waals surface area contributed by atoms with Crippen molar-refractivity contribution < 1.29 is 13.9 Å². The Labute approximate surface area is 210 Å². The summed E-state index contributed by atoms with van der Waals surface area (Å²) >= 11 is 0. The molecule has 3 aromatic carbocycles. The zero-order valence-corrected chi connectivity index (χ0v) is 20.5. The van der Waals surface area contributed by atoms with Gasteiger partial charge in [0.25, 0.3) is 0 Å². The van der Waals surface area contributed by atoms with Crippen molar-refractivity contribution in [3.63, 3.8) is 0 Å². The number of nitrogens with two attached hydrogens (primary N) is 1. The Morgan fingerprint density at radius 1 is 1.08 bits per heavy atom. The van der Waals surface area contributed by atoms with Gasteiger partial charge in [0.05, 0.1) is 30.1 Å². The second-order valence-electron chi connectivity index (χ2n) is 8.51. The van der Waals surface area contributed by atoms with Gasteiger partial charge in [0.2, 0.25) is 0 Å². The summed E-state index contributed by atoms with van der Waals surface area (Å²) in [4.78, 5) is 0. The number of aromatic nitrogens is 2. The molecule has 4 N–H and O–H groups in total. The maximum atomic E-state index is 15.9. The molecule has 0 fully saturated rings. The Kier molecular flexibility index (Phi) is 7.53. The van der Waals surface area contributed by atoms with E-state index in [2.05, 4.69) is 5.32 Å². The minimum atomic E-state index is -0.659. The van der Waals surface area contributed by atoms with E-state index < -0.39 is 11.9 Å². The molecule has 1 atom stereocenters. The molecule has 186 valence electrons. The van der Waals surface area contributed by atoms with E-state index >= 15 is 4.39 Å². The monoisotopic (exact) mass is 487 g/mol. The average molecular weight is 488 g/mol. The Bertz CT molecular complexity index is 1320. The summed E-state index contributed by atoms with van der Waals surface area (Å²) in [5.74, 6) is 0.114. The number of nitrogen functional groups attached to an aromatic ring is 1.